The van der Waals surface area contributed by atoms with Crippen molar-refractivity contribution in [1.82, 2.24) is 10.3 Å². The second-order valence-corrected chi connectivity index (χ2v) is 4.81. The molecule has 106 valence electrons. The summed E-state index contributed by atoms with van der Waals surface area (Å²) in [5.74, 6) is 0.847. The molecule has 1 heterocycles. The highest BCUT2D eigenvalue weighted by Gasteiger charge is 2.14. The Balaban J connectivity index is 2.12. The first-order valence-corrected chi connectivity index (χ1v) is 7.15. The summed E-state index contributed by atoms with van der Waals surface area (Å²) in [6.45, 7) is 5.93. The molecule has 0 fully saturated rings. The van der Waals surface area contributed by atoms with E-state index in [1.54, 1.807) is 6.20 Å². The van der Waals surface area contributed by atoms with E-state index >= 15 is 0 Å². The summed E-state index contributed by atoms with van der Waals surface area (Å²) < 4.78 is 6.15. The van der Waals surface area contributed by atoms with Crippen LogP contribution in [-0.4, -0.2) is 18.1 Å². The van der Waals surface area contributed by atoms with Crippen molar-refractivity contribution in [3.8, 4) is 5.75 Å². The number of hydrogen-bond donors (Lipinski definition) is 1. The summed E-state index contributed by atoms with van der Waals surface area (Å²) in [4.78, 5) is 4.28. The lowest BCUT2D eigenvalue weighted by Gasteiger charge is -2.21. The minimum Gasteiger partial charge on any atom is -0.482 e. The lowest BCUT2D eigenvalue weighted by atomic mass is 10.1. The van der Waals surface area contributed by atoms with E-state index in [0.29, 0.717) is 0 Å². The fourth-order valence-corrected chi connectivity index (χ4v) is 2.05. The van der Waals surface area contributed by atoms with E-state index in [-0.39, 0.29) is 6.10 Å². The SMILES string of the molecule is CCCNCC(Oc1cccnc1C)c1ccccc1. The first-order valence-electron chi connectivity index (χ1n) is 7.15. The van der Waals surface area contributed by atoms with Crippen LogP contribution in [0.5, 0.6) is 5.75 Å². The van der Waals surface area contributed by atoms with Crippen molar-refractivity contribution in [1.29, 1.82) is 0 Å². The minimum atomic E-state index is 0.00523. The van der Waals surface area contributed by atoms with E-state index < -0.39 is 0 Å². The van der Waals surface area contributed by atoms with Crippen molar-refractivity contribution in [2.45, 2.75) is 26.4 Å². The van der Waals surface area contributed by atoms with Crippen LogP contribution in [0.3, 0.4) is 0 Å². The maximum absolute atomic E-state index is 6.15. The van der Waals surface area contributed by atoms with Crippen LogP contribution in [0.1, 0.15) is 30.7 Å². The summed E-state index contributed by atoms with van der Waals surface area (Å²) in [6, 6.07) is 14.2. The third kappa shape index (κ3) is 4.07. The quantitative estimate of drug-likeness (QED) is 0.782. The molecule has 0 saturated heterocycles. The summed E-state index contributed by atoms with van der Waals surface area (Å²) in [5.41, 5.74) is 2.10. The second kappa shape index (κ2) is 7.65. The summed E-state index contributed by atoms with van der Waals surface area (Å²) >= 11 is 0. The molecule has 2 aromatic rings. The molecule has 1 unspecified atom stereocenters. The Labute approximate surface area is 121 Å². The maximum Gasteiger partial charge on any atom is 0.141 e. The molecular formula is C17H22N2O. The molecule has 1 N–H and O–H groups in total. The van der Waals surface area contributed by atoms with E-state index in [2.05, 4.69) is 29.4 Å². The molecule has 20 heavy (non-hydrogen) atoms. The lowest BCUT2D eigenvalue weighted by molar-refractivity contribution is 0.199. The molecule has 0 aliphatic carbocycles. The number of ether oxygens (including phenoxy) is 1. The molecule has 3 nitrogen and oxygen atoms in total. The largest absolute Gasteiger partial charge is 0.482 e. The van der Waals surface area contributed by atoms with Crippen LogP contribution in [0.2, 0.25) is 0 Å². The molecule has 0 bridgehead atoms. The Morgan fingerprint density at radius 1 is 1.15 bits per heavy atom. The summed E-state index contributed by atoms with van der Waals surface area (Å²) in [5, 5.41) is 3.43. The number of nitrogens with one attached hydrogen (secondary N) is 1. The number of hydrogen-bond acceptors (Lipinski definition) is 3. The Hall–Kier alpha value is -1.87. The van der Waals surface area contributed by atoms with Gasteiger partial charge in [-0.1, -0.05) is 37.3 Å². The molecule has 1 atom stereocenters. The van der Waals surface area contributed by atoms with Crippen molar-refractivity contribution >= 4 is 0 Å². The highest BCUT2D eigenvalue weighted by molar-refractivity contribution is 5.27. The standard InChI is InChI=1S/C17H22N2O/c1-3-11-18-13-17(15-8-5-4-6-9-15)20-16-10-7-12-19-14(16)2/h4-10,12,17-18H,3,11,13H2,1-2H3. The zero-order valence-corrected chi connectivity index (χ0v) is 12.2. The first kappa shape index (κ1) is 14.5. The predicted molar refractivity (Wildman–Crippen MR) is 81.9 cm³/mol. The van der Waals surface area contributed by atoms with E-state index in [0.717, 1.165) is 31.0 Å². The molecule has 1 aromatic carbocycles. The van der Waals surface area contributed by atoms with Gasteiger partial charge in [0.25, 0.3) is 0 Å². The third-order valence-corrected chi connectivity index (χ3v) is 3.16. The molecule has 1 aromatic heterocycles. The number of pyridine rings is 1. The Kier molecular flexibility index (Phi) is 5.56. The molecule has 0 radical (unpaired) electrons. The number of nitrogens with zero attached hydrogens (tertiary/aromatic N) is 1. The summed E-state index contributed by atoms with van der Waals surface area (Å²) in [6.07, 6.45) is 2.91. The van der Waals surface area contributed by atoms with Gasteiger partial charge in [0.1, 0.15) is 11.9 Å². The average molecular weight is 270 g/mol. The highest BCUT2D eigenvalue weighted by atomic mass is 16.5. The fourth-order valence-electron chi connectivity index (χ4n) is 2.05. The maximum atomic E-state index is 6.15. The number of aromatic nitrogens is 1. The predicted octanol–water partition coefficient (Wildman–Crippen LogP) is 3.51. The molecular weight excluding hydrogens is 248 g/mol. The number of rotatable bonds is 7. The van der Waals surface area contributed by atoms with Crippen LogP contribution in [0, 0.1) is 6.92 Å². The Morgan fingerprint density at radius 2 is 1.95 bits per heavy atom. The fraction of sp³-hybridized carbons (Fsp3) is 0.353. The smallest absolute Gasteiger partial charge is 0.141 e. The molecule has 0 amide bonds. The van der Waals surface area contributed by atoms with Crippen molar-refractivity contribution in [3.63, 3.8) is 0 Å². The van der Waals surface area contributed by atoms with Gasteiger partial charge in [0.2, 0.25) is 0 Å². The number of aryl methyl sites for hydroxylation is 1. The van der Waals surface area contributed by atoms with Crippen LogP contribution in [0.15, 0.2) is 48.7 Å². The van der Waals surface area contributed by atoms with Gasteiger partial charge in [-0.2, -0.15) is 0 Å². The van der Waals surface area contributed by atoms with Gasteiger partial charge in [0.05, 0.1) is 5.69 Å². The zero-order valence-electron chi connectivity index (χ0n) is 12.2. The van der Waals surface area contributed by atoms with Gasteiger partial charge in [-0.3, -0.25) is 4.98 Å². The van der Waals surface area contributed by atoms with Crippen molar-refractivity contribution in [3.05, 3.63) is 59.9 Å². The van der Waals surface area contributed by atoms with Crippen LogP contribution in [-0.2, 0) is 0 Å². The van der Waals surface area contributed by atoms with Gasteiger partial charge in [-0.25, -0.2) is 0 Å². The zero-order chi connectivity index (χ0) is 14.2. The summed E-state index contributed by atoms with van der Waals surface area (Å²) in [7, 11) is 0. The molecule has 0 aliphatic heterocycles. The molecule has 2 rings (SSSR count). The molecule has 0 aliphatic rings. The van der Waals surface area contributed by atoms with Crippen molar-refractivity contribution in [2.24, 2.45) is 0 Å². The Morgan fingerprint density at radius 3 is 2.65 bits per heavy atom. The Bertz CT molecular complexity index is 513. The highest BCUT2D eigenvalue weighted by Crippen LogP contribution is 2.23. The van der Waals surface area contributed by atoms with E-state index in [1.165, 1.54) is 5.56 Å². The van der Waals surface area contributed by atoms with Crippen LogP contribution < -0.4 is 10.1 Å². The topological polar surface area (TPSA) is 34.1 Å². The van der Waals surface area contributed by atoms with Gasteiger partial charge in [0.15, 0.2) is 0 Å². The molecule has 0 spiro atoms. The second-order valence-electron chi connectivity index (χ2n) is 4.81. The normalized spacial score (nSPS) is 12.1. The van der Waals surface area contributed by atoms with Gasteiger partial charge in [0, 0.05) is 12.7 Å². The first-order chi connectivity index (χ1) is 9.81. The monoisotopic (exact) mass is 270 g/mol. The molecule has 3 heteroatoms. The van der Waals surface area contributed by atoms with Crippen molar-refractivity contribution < 1.29 is 4.74 Å². The van der Waals surface area contributed by atoms with Crippen LogP contribution >= 0.6 is 0 Å². The average Bonchev–Trinajstić information content (AvgIpc) is 2.49. The van der Waals surface area contributed by atoms with Gasteiger partial charge in [-0.15, -0.1) is 0 Å². The molecule has 0 saturated carbocycles. The van der Waals surface area contributed by atoms with E-state index in [1.807, 2.05) is 37.3 Å². The van der Waals surface area contributed by atoms with Gasteiger partial charge < -0.3 is 10.1 Å². The van der Waals surface area contributed by atoms with Crippen LogP contribution in [0.4, 0.5) is 0 Å². The van der Waals surface area contributed by atoms with Gasteiger partial charge >= 0.3 is 0 Å². The van der Waals surface area contributed by atoms with E-state index in [4.69, 9.17) is 4.74 Å². The van der Waals surface area contributed by atoms with E-state index in [9.17, 15) is 0 Å². The lowest BCUT2D eigenvalue weighted by Crippen LogP contribution is -2.26. The van der Waals surface area contributed by atoms with Crippen molar-refractivity contribution in [2.75, 3.05) is 13.1 Å². The minimum absolute atomic E-state index is 0.00523. The number of benzene rings is 1. The third-order valence-electron chi connectivity index (χ3n) is 3.16. The van der Waals surface area contributed by atoms with Crippen LogP contribution in [0.25, 0.3) is 0 Å². The van der Waals surface area contributed by atoms with Gasteiger partial charge in [-0.05, 0) is 37.6 Å².